The predicted octanol–water partition coefficient (Wildman–Crippen LogP) is 1.20. The fourth-order valence-corrected chi connectivity index (χ4v) is 0.652. The van der Waals surface area contributed by atoms with Gasteiger partial charge in [0.15, 0.2) is 0 Å². The molecule has 0 radical (unpaired) electrons. The van der Waals surface area contributed by atoms with Gasteiger partial charge in [-0.3, -0.25) is 4.79 Å². The van der Waals surface area contributed by atoms with Crippen LogP contribution in [0.1, 0.15) is 20.8 Å². The van der Waals surface area contributed by atoms with Crippen LogP contribution in [-0.4, -0.2) is 34.7 Å². The van der Waals surface area contributed by atoms with Crippen molar-refractivity contribution in [3.05, 3.63) is 0 Å². The highest BCUT2D eigenvalue weighted by Crippen LogP contribution is 2.06. The van der Waals surface area contributed by atoms with Crippen LogP contribution in [0.3, 0.4) is 0 Å². The molecule has 1 amide bonds. The standard InChI is InChI=1S/C8H14ClNO4/c1-8(2,3)14-7(13)10-4-5(9)6(11)12/h5H,4H2,1-3H3,(H,10,13)(H,11,12). The molecule has 0 fully saturated rings. The Hall–Kier alpha value is -0.970. The first kappa shape index (κ1) is 13.0. The third kappa shape index (κ3) is 6.54. The summed E-state index contributed by atoms with van der Waals surface area (Å²) < 4.78 is 4.87. The van der Waals surface area contributed by atoms with Gasteiger partial charge in [-0.2, -0.15) is 0 Å². The number of amides is 1. The quantitative estimate of drug-likeness (QED) is 0.705. The number of carbonyl (C=O) groups excluding carboxylic acids is 1. The molecule has 0 aromatic rings. The fourth-order valence-electron chi connectivity index (χ4n) is 0.574. The lowest BCUT2D eigenvalue weighted by atomic mass is 10.2. The van der Waals surface area contributed by atoms with Crippen molar-refractivity contribution in [1.82, 2.24) is 5.32 Å². The fraction of sp³-hybridized carbons (Fsp3) is 0.750. The average molecular weight is 224 g/mol. The SMILES string of the molecule is CC(C)(C)OC(=O)NCC(Cl)C(=O)O. The Bertz CT molecular complexity index is 224. The minimum Gasteiger partial charge on any atom is -0.480 e. The van der Waals surface area contributed by atoms with E-state index in [2.05, 4.69) is 5.32 Å². The Balaban J connectivity index is 3.81. The van der Waals surface area contributed by atoms with E-state index >= 15 is 0 Å². The van der Waals surface area contributed by atoms with Gasteiger partial charge in [-0.1, -0.05) is 0 Å². The number of rotatable bonds is 3. The lowest BCUT2D eigenvalue weighted by Gasteiger charge is -2.19. The van der Waals surface area contributed by atoms with Gasteiger partial charge in [-0.15, -0.1) is 11.6 Å². The number of hydrogen-bond donors (Lipinski definition) is 2. The third-order valence-corrected chi connectivity index (χ3v) is 1.43. The van der Waals surface area contributed by atoms with Crippen LogP contribution in [0.5, 0.6) is 0 Å². The number of hydrogen-bond acceptors (Lipinski definition) is 3. The Morgan fingerprint density at radius 2 is 2.00 bits per heavy atom. The zero-order valence-electron chi connectivity index (χ0n) is 8.33. The van der Waals surface area contributed by atoms with Crippen molar-refractivity contribution in [3.8, 4) is 0 Å². The molecule has 0 aromatic heterocycles. The van der Waals surface area contributed by atoms with Crippen molar-refractivity contribution in [2.75, 3.05) is 6.54 Å². The Morgan fingerprint density at radius 3 is 2.36 bits per heavy atom. The van der Waals surface area contributed by atoms with Gasteiger partial charge in [0.2, 0.25) is 0 Å². The summed E-state index contributed by atoms with van der Waals surface area (Å²) in [4.78, 5) is 21.3. The van der Waals surface area contributed by atoms with Crippen LogP contribution in [-0.2, 0) is 9.53 Å². The second-order valence-corrected chi connectivity index (χ2v) is 4.22. The van der Waals surface area contributed by atoms with E-state index in [4.69, 9.17) is 21.4 Å². The number of carbonyl (C=O) groups is 2. The molecule has 0 rings (SSSR count). The van der Waals surface area contributed by atoms with Gasteiger partial charge >= 0.3 is 12.1 Å². The van der Waals surface area contributed by atoms with Gasteiger partial charge in [0.1, 0.15) is 11.0 Å². The normalized spacial score (nSPS) is 13.1. The number of alkyl carbamates (subject to hydrolysis) is 1. The molecular weight excluding hydrogens is 210 g/mol. The number of ether oxygens (including phenoxy) is 1. The van der Waals surface area contributed by atoms with Crippen molar-refractivity contribution in [2.24, 2.45) is 0 Å². The number of halogens is 1. The van der Waals surface area contributed by atoms with Crippen molar-refractivity contribution in [3.63, 3.8) is 0 Å². The Kier molecular flexibility index (Phi) is 4.70. The molecule has 6 heteroatoms. The number of aliphatic carboxylic acids is 1. The summed E-state index contributed by atoms with van der Waals surface area (Å²) in [6.45, 7) is 4.97. The summed E-state index contributed by atoms with van der Waals surface area (Å²) in [6, 6.07) is 0. The van der Waals surface area contributed by atoms with Gasteiger partial charge in [0.25, 0.3) is 0 Å². The number of nitrogens with one attached hydrogen (secondary N) is 1. The minimum absolute atomic E-state index is 0.161. The van der Waals surface area contributed by atoms with Crippen molar-refractivity contribution < 1.29 is 19.4 Å². The van der Waals surface area contributed by atoms with Gasteiger partial charge < -0.3 is 15.2 Å². The van der Waals surface area contributed by atoms with E-state index < -0.39 is 23.0 Å². The van der Waals surface area contributed by atoms with E-state index in [0.717, 1.165) is 0 Å². The lowest BCUT2D eigenvalue weighted by Crippen LogP contribution is -2.37. The molecule has 0 aliphatic heterocycles. The smallest absolute Gasteiger partial charge is 0.407 e. The largest absolute Gasteiger partial charge is 0.480 e. The molecule has 2 N–H and O–H groups in total. The summed E-state index contributed by atoms with van der Waals surface area (Å²) >= 11 is 5.36. The highest BCUT2D eigenvalue weighted by atomic mass is 35.5. The molecule has 0 aromatic carbocycles. The second-order valence-electron chi connectivity index (χ2n) is 3.69. The molecule has 0 spiro atoms. The molecule has 0 bridgehead atoms. The number of carboxylic acid groups (broad SMARTS) is 1. The molecular formula is C8H14ClNO4. The first-order chi connectivity index (χ1) is 6.22. The van der Waals surface area contributed by atoms with Crippen LogP contribution in [0.4, 0.5) is 4.79 Å². The van der Waals surface area contributed by atoms with Crippen LogP contribution < -0.4 is 5.32 Å². The highest BCUT2D eigenvalue weighted by molar-refractivity contribution is 6.29. The third-order valence-electron chi connectivity index (χ3n) is 1.09. The van der Waals surface area contributed by atoms with E-state index in [1.54, 1.807) is 20.8 Å². The topological polar surface area (TPSA) is 75.6 Å². The first-order valence-corrected chi connectivity index (χ1v) is 4.50. The van der Waals surface area contributed by atoms with E-state index in [1.165, 1.54) is 0 Å². The van der Waals surface area contributed by atoms with Gasteiger partial charge in [-0.05, 0) is 20.8 Å². The zero-order valence-corrected chi connectivity index (χ0v) is 9.09. The molecule has 0 saturated carbocycles. The molecule has 82 valence electrons. The lowest BCUT2D eigenvalue weighted by molar-refractivity contribution is -0.136. The van der Waals surface area contributed by atoms with E-state index in [1.807, 2.05) is 0 Å². The maximum absolute atomic E-state index is 11.0. The highest BCUT2D eigenvalue weighted by Gasteiger charge is 2.18. The van der Waals surface area contributed by atoms with Crippen LogP contribution in [0.15, 0.2) is 0 Å². The Morgan fingerprint density at radius 1 is 1.50 bits per heavy atom. The van der Waals surface area contributed by atoms with E-state index in [9.17, 15) is 9.59 Å². The maximum Gasteiger partial charge on any atom is 0.407 e. The molecule has 5 nitrogen and oxygen atoms in total. The van der Waals surface area contributed by atoms with Gasteiger partial charge in [0, 0.05) is 6.54 Å². The monoisotopic (exact) mass is 223 g/mol. The number of carboxylic acids is 1. The summed E-state index contributed by atoms with van der Waals surface area (Å²) in [5, 5.41) is 9.51. The predicted molar refractivity (Wildman–Crippen MR) is 51.5 cm³/mol. The zero-order chi connectivity index (χ0) is 11.4. The van der Waals surface area contributed by atoms with E-state index in [-0.39, 0.29) is 6.54 Å². The summed E-state index contributed by atoms with van der Waals surface area (Å²) in [5.41, 5.74) is -0.602. The Labute approximate surface area is 87.4 Å². The molecule has 1 unspecified atom stereocenters. The average Bonchev–Trinajstić information content (AvgIpc) is 1.96. The molecule has 1 atom stereocenters. The van der Waals surface area contributed by atoms with Gasteiger partial charge in [-0.25, -0.2) is 4.79 Å². The van der Waals surface area contributed by atoms with Crippen LogP contribution in [0.2, 0.25) is 0 Å². The number of alkyl halides is 1. The van der Waals surface area contributed by atoms with Crippen molar-refractivity contribution in [1.29, 1.82) is 0 Å². The molecule has 14 heavy (non-hydrogen) atoms. The van der Waals surface area contributed by atoms with Gasteiger partial charge in [0.05, 0.1) is 0 Å². The molecule has 0 aliphatic rings. The minimum atomic E-state index is -1.18. The molecule has 0 heterocycles. The second kappa shape index (κ2) is 5.05. The molecule has 0 saturated heterocycles. The maximum atomic E-state index is 11.0. The first-order valence-electron chi connectivity index (χ1n) is 4.06. The molecule has 0 aliphatic carbocycles. The van der Waals surface area contributed by atoms with Crippen LogP contribution in [0, 0.1) is 0 Å². The van der Waals surface area contributed by atoms with Crippen molar-refractivity contribution in [2.45, 2.75) is 31.7 Å². The van der Waals surface area contributed by atoms with Crippen LogP contribution in [0.25, 0.3) is 0 Å². The summed E-state index contributed by atoms with van der Waals surface area (Å²) in [6.07, 6.45) is -0.676. The van der Waals surface area contributed by atoms with Crippen LogP contribution >= 0.6 is 11.6 Å². The summed E-state index contributed by atoms with van der Waals surface area (Å²) in [5.74, 6) is -1.18. The van der Waals surface area contributed by atoms with E-state index in [0.29, 0.717) is 0 Å². The summed E-state index contributed by atoms with van der Waals surface area (Å²) in [7, 11) is 0. The van der Waals surface area contributed by atoms with Crippen molar-refractivity contribution >= 4 is 23.7 Å².